The van der Waals surface area contributed by atoms with Gasteiger partial charge < -0.3 is 9.47 Å². The van der Waals surface area contributed by atoms with Crippen LogP contribution in [0.3, 0.4) is 0 Å². The van der Waals surface area contributed by atoms with Crippen molar-refractivity contribution >= 4 is 27.7 Å². The van der Waals surface area contributed by atoms with Crippen LogP contribution in [0.5, 0.6) is 0 Å². The van der Waals surface area contributed by atoms with Crippen LogP contribution in [0.25, 0.3) is 0 Å². The smallest absolute Gasteiger partial charge is 0.343 e. The maximum Gasteiger partial charge on any atom is 0.343 e. The van der Waals surface area contributed by atoms with E-state index in [1.54, 1.807) is 0 Å². The number of methoxy groups -OCH3 is 1. The number of ketones is 1. The zero-order valence-electron chi connectivity index (χ0n) is 19.7. The van der Waals surface area contributed by atoms with Crippen LogP contribution in [-0.2, 0) is 19.9 Å². The minimum absolute atomic E-state index is 0.0822. The van der Waals surface area contributed by atoms with E-state index < -0.39 is 29.5 Å². The molecule has 1 saturated heterocycles. The van der Waals surface area contributed by atoms with E-state index >= 15 is 0 Å². The summed E-state index contributed by atoms with van der Waals surface area (Å²) in [5.74, 6) is -1.94. The highest BCUT2D eigenvalue weighted by Gasteiger charge is 2.63. The van der Waals surface area contributed by atoms with Gasteiger partial charge in [0.25, 0.3) is 0 Å². The van der Waals surface area contributed by atoms with Crippen molar-refractivity contribution in [2.24, 2.45) is 5.92 Å². The number of Topliss-reactive ketones (excluding diaryl/α,β-unsaturated/α-hetero) is 1. The maximum atomic E-state index is 14.3. The van der Waals surface area contributed by atoms with Gasteiger partial charge in [-0.15, -0.1) is 0 Å². The zero-order chi connectivity index (χ0) is 25.1. The molecule has 0 radical (unpaired) electrons. The molecule has 0 bridgehead atoms. The summed E-state index contributed by atoms with van der Waals surface area (Å²) < 4.78 is 13.1. The van der Waals surface area contributed by atoms with Crippen molar-refractivity contribution in [3.8, 4) is 0 Å². The normalized spacial score (nSPS) is 23.2. The van der Waals surface area contributed by atoms with E-state index in [1.165, 1.54) is 7.11 Å². The van der Waals surface area contributed by atoms with Gasteiger partial charge in [-0.25, -0.2) is 4.79 Å². The van der Waals surface area contributed by atoms with Crippen molar-refractivity contribution in [1.82, 2.24) is 0 Å². The number of carbonyl (C=O) groups excluding carboxylic acids is 2. The van der Waals surface area contributed by atoms with Gasteiger partial charge in [-0.05, 0) is 28.8 Å². The quantitative estimate of drug-likeness (QED) is 0.198. The third-order valence-electron chi connectivity index (χ3n) is 6.85. The molecule has 4 atom stereocenters. The minimum atomic E-state index is -1.54. The number of ether oxygens (including phenoxy) is 2. The standard InChI is InChI=1S/C31H25BrO4/c1-35-30(34)31(24-17-19-25(32)20-18-24)27(21-11-5-2-6-12-21)26(28(33)22-13-7-3-8-14-22)29(36-31)23-15-9-4-10-16-23/h2-20,26-27,29H,1H3/t26-,27+,29-,31-/m1/s1. The molecule has 4 aromatic rings. The Morgan fingerprint density at radius 3 is 1.83 bits per heavy atom. The van der Waals surface area contributed by atoms with Crippen molar-refractivity contribution in [3.05, 3.63) is 142 Å². The van der Waals surface area contributed by atoms with E-state index in [0.717, 1.165) is 15.6 Å². The molecule has 1 aliphatic heterocycles. The number of esters is 1. The minimum Gasteiger partial charge on any atom is -0.467 e. The van der Waals surface area contributed by atoms with Gasteiger partial charge in [-0.2, -0.15) is 0 Å². The topological polar surface area (TPSA) is 52.6 Å². The molecule has 0 aromatic heterocycles. The van der Waals surface area contributed by atoms with Crippen molar-refractivity contribution in [2.45, 2.75) is 17.6 Å². The van der Waals surface area contributed by atoms with Crippen LogP contribution in [0.4, 0.5) is 0 Å². The molecule has 0 N–H and O–H groups in total. The summed E-state index contributed by atoms with van der Waals surface area (Å²) in [7, 11) is 1.36. The molecule has 1 fully saturated rings. The van der Waals surface area contributed by atoms with Crippen LogP contribution >= 0.6 is 15.9 Å². The Kier molecular flexibility index (Phi) is 6.86. The SMILES string of the molecule is COC(=O)[C@]1(c2ccc(Br)cc2)O[C@H](c2ccccc2)[C@@H](C(=O)c2ccccc2)[C@@H]1c1ccccc1. The van der Waals surface area contributed by atoms with Crippen LogP contribution in [0.15, 0.2) is 120 Å². The fraction of sp³-hybridized carbons (Fsp3) is 0.161. The molecule has 180 valence electrons. The van der Waals surface area contributed by atoms with Crippen molar-refractivity contribution in [1.29, 1.82) is 0 Å². The highest BCUT2D eigenvalue weighted by atomic mass is 79.9. The van der Waals surface area contributed by atoms with Crippen molar-refractivity contribution in [3.63, 3.8) is 0 Å². The first kappa shape index (κ1) is 24.2. The second kappa shape index (κ2) is 10.2. The fourth-order valence-corrected chi connectivity index (χ4v) is 5.53. The van der Waals surface area contributed by atoms with Crippen LogP contribution < -0.4 is 0 Å². The predicted octanol–water partition coefficient (Wildman–Crippen LogP) is 6.87. The van der Waals surface area contributed by atoms with E-state index in [-0.39, 0.29) is 5.78 Å². The van der Waals surface area contributed by atoms with E-state index in [0.29, 0.717) is 11.1 Å². The van der Waals surface area contributed by atoms with Gasteiger partial charge in [0, 0.05) is 16.0 Å². The summed E-state index contributed by atoms with van der Waals surface area (Å²) in [5, 5.41) is 0. The van der Waals surface area contributed by atoms with Gasteiger partial charge in [-0.1, -0.05) is 119 Å². The predicted molar refractivity (Wildman–Crippen MR) is 142 cm³/mol. The third kappa shape index (κ3) is 4.19. The fourth-order valence-electron chi connectivity index (χ4n) is 5.27. The maximum absolute atomic E-state index is 14.3. The van der Waals surface area contributed by atoms with Crippen molar-refractivity contribution in [2.75, 3.05) is 7.11 Å². The lowest BCUT2D eigenvalue weighted by Crippen LogP contribution is -2.42. The summed E-state index contributed by atoms with van der Waals surface area (Å²) >= 11 is 3.49. The van der Waals surface area contributed by atoms with Crippen molar-refractivity contribution < 1.29 is 19.1 Å². The number of halogens is 1. The molecule has 1 aliphatic rings. The first-order valence-corrected chi connectivity index (χ1v) is 12.6. The molecule has 0 aliphatic carbocycles. The molecular weight excluding hydrogens is 516 g/mol. The number of hydrogen-bond donors (Lipinski definition) is 0. The summed E-state index contributed by atoms with van der Waals surface area (Å²) in [6.45, 7) is 0. The van der Waals surface area contributed by atoms with Crippen LogP contribution in [0.1, 0.15) is 39.1 Å². The summed E-state index contributed by atoms with van der Waals surface area (Å²) in [4.78, 5) is 28.1. The average molecular weight is 541 g/mol. The van der Waals surface area contributed by atoms with Crippen LogP contribution in [0, 0.1) is 5.92 Å². The van der Waals surface area contributed by atoms with E-state index in [4.69, 9.17) is 9.47 Å². The third-order valence-corrected chi connectivity index (χ3v) is 7.37. The number of benzene rings is 4. The lowest BCUT2D eigenvalue weighted by molar-refractivity contribution is -0.171. The summed E-state index contributed by atoms with van der Waals surface area (Å²) in [6, 6.07) is 35.9. The zero-order valence-corrected chi connectivity index (χ0v) is 21.3. The molecule has 5 heteroatoms. The highest BCUT2D eigenvalue weighted by Crippen LogP contribution is 2.59. The molecule has 4 nitrogen and oxygen atoms in total. The summed E-state index contributed by atoms with van der Waals surface area (Å²) in [5.41, 5.74) is 1.33. The van der Waals surface area contributed by atoms with Gasteiger partial charge in [0.15, 0.2) is 11.4 Å². The Hall–Kier alpha value is -3.54. The van der Waals surface area contributed by atoms with Crippen LogP contribution in [0.2, 0.25) is 0 Å². The second-order valence-electron chi connectivity index (χ2n) is 8.83. The van der Waals surface area contributed by atoms with E-state index in [2.05, 4.69) is 15.9 Å². The number of carbonyl (C=O) groups is 2. The Morgan fingerprint density at radius 2 is 1.28 bits per heavy atom. The van der Waals surface area contributed by atoms with E-state index in [1.807, 2.05) is 115 Å². The first-order valence-electron chi connectivity index (χ1n) is 11.8. The molecule has 4 aromatic carbocycles. The average Bonchev–Trinajstić information content (AvgIpc) is 3.31. The molecule has 36 heavy (non-hydrogen) atoms. The molecule has 0 amide bonds. The van der Waals surface area contributed by atoms with Gasteiger partial charge in [0.05, 0.1) is 19.1 Å². The Labute approximate surface area is 219 Å². The molecule has 1 heterocycles. The van der Waals surface area contributed by atoms with Gasteiger partial charge in [0.1, 0.15) is 0 Å². The Balaban J connectivity index is 1.80. The molecular formula is C31H25BrO4. The van der Waals surface area contributed by atoms with Gasteiger partial charge >= 0.3 is 5.97 Å². The number of rotatable bonds is 6. The Morgan fingerprint density at radius 1 is 0.750 bits per heavy atom. The summed E-state index contributed by atoms with van der Waals surface area (Å²) in [6.07, 6.45) is -0.674. The molecule has 0 spiro atoms. The lowest BCUT2D eigenvalue weighted by atomic mass is 9.69. The second-order valence-corrected chi connectivity index (χ2v) is 9.74. The van der Waals surface area contributed by atoms with Gasteiger partial charge in [-0.3, -0.25) is 4.79 Å². The highest BCUT2D eigenvalue weighted by molar-refractivity contribution is 9.10. The molecule has 0 saturated carbocycles. The Bertz CT molecular complexity index is 1340. The number of hydrogen-bond acceptors (Lipinski definition) is 4. The molecule has 0 unspecified atom stereocenters. The first-order chi connectivity index (χ1) is 17.6. The van der Waals surface area contributed by atoms with E-state index in [9.17, 15) is 9.59 Å². The largest absolute Gasteiger partial charge is 0.467 e. The van der Waals surface area contributed by atoms with Crippen LogP contribution in [-0.4, -0.2) is 18.9 Å². The lowest BCUT2D eigenvalue weighted by Gasteiger charge is -2.33. The molecule has 5 rings (SSSR count). The monoisotopic (exact) mass is 540 g/mol. The van der Waals surface area contributed by atoms with Gasteiger partial charge in [0.2, 0.25) is 0 Å².